The van der Waals surface area contributed by atoms with Gasteiger partial charge >= 0.3 is 0 Å². The van der Waals surface area contributed by atoms with Crippen molar-refractivity contribution in [1.29, 1.82) is 0 Å². The maximum absolute atomic E-state index is 12.6. The van der Waals surface area contributed by atoms with Gasteiger partial charge in [-0.05, 0) is 57.7 Å². The second-order valence-electron chi connectivity index (χ2n) is 7.15. The highest BCUT2D eigenvalue weighted by Crippen LogP contribution is 2.48. The number of benzene rings is 1. The lowest BCUT2D eigenvalue weighted by Gasteiger charge is -2.25. The van der Waals surface area contributed by atoms with Gasteiger partial charge in [0.25, 0.3) is 0 Å². The van der Waals surface area contributed by atoms with E-state index in [2.05, 4.69) is 33.4 Å². The third-order valence-corrected chi connectivity index (χ3v) is 4.48. The predicted octanol–water partition coefficient (Wildman–Crippen LogP) is 3.32. The quantitative estimate of drug-likeness (QED) is 0.851. The molecule has 0 heterocycles. The van der Waals surface area contributed by atoms with E-state index in [0.717, 1.165) is 10.9 Å². The van der Waals surface area contributed by atoms with Crippen LogP contribution in [0.5, 0.6) is 0 Å². The molecular formula is C18H25BrN2O2. The molecule has 5 heteroatoms. The van der Waals surface area contributed by atoms with E-state index < -0.39 is 0 Å². The van der Waals surface area contributed by atoms with Gasteiger partial charge in [-0.3, -0.25) is 9.59 Å². The highest BCUT2D eigenvalue weighted by Gasteiger charge is 2.45. The molecule has 1 aromatic rings. The molecule has 2 unspecified atom stereocenters. The van der Waals surface area contributed by atoms with Crippen molar-refractivity contribution < 1.29 is 9.59 Å². The van der Waals surface area contributed by atoms with Crippen molar-refractivity contribution in [3.63, 3.8) is 0 Å². The molecule has 0 aliphatic heterocycles. The second-order valence-corrected chi connectivity index (χ2v) is 8.07. The molecule has 2 amide bonds. The van der Waals surface area contributed by atoms with Gasteiger partial charge in [0.15, 0.2) is 0 Å². The molecule has 0 aromatic heterocycles. The summed E-state index contributed by atoms with van der Waals surface area (Å²) in [5, 5.41) is 2.91. The van der Waals surface area contributed by atoms with Crippen LogP contribution in [-0.2, 0) is 9.59 Å². The van der Waals surface area contributed by atoms with Crippen LogP contribution in [0.4, 0.5) is 0 Å². The van der Waals surface area contributed by atoms with Gasteiger partial charge in [0.1, 0.15) is 0 Å². The van der Waals surface area contributed by atoms with Gasteiger partial charge in [0, 0.05) is 22.5 Å². The fraction of sp³-hybridized carbons (Fsp3) is 0.556. The molecule has 23 heavy (non-hydrogen) atoms. The lowest BCUT2D eigenvalue weighted by atomic mass is 10.1. The van der Waals surface area contributed by atoms with Gasteiger partial charge in [-0.15, -0.1) is 0 Å². The van der Waals surface area contributed by atoms with E-state index in [9.17, 15) is 9.59 Å². The van der Waals surface area contributed by atoms with Gasteiger partial charge in [-0.2, -0.15) is 0 Å². The van der Waals surface area contributed by atoms with Gasteiger partial charge in [0.2, 0.25) is 11.8 Å². The Morgan fingerprint density at radius 2 is 1.87 bits per heavy atom. The Bertz CT molecular complexity index is 578. The lowest BCUT2D eigenvalue weighted by molar-refractivity contribution is -0.137. The summed E-state index contributed by atoms with van der Waals surface area (Å²) in [5.74, 6) is 0.284. The molecule has 1 aliphatic carbocycles. The summed E-state index contributed by atoms with van der Waals surface area (Å²) in [6, 6.07) is 8.13. The number of amides is 2. The van der Waals surface area contributed by atoms with Crippen LogP contribution in [0, 0.1) is 5.92 Å². The molecule has 0 radical (unpaired) electrons. The molecule has 1 saturated carbocycles. The van der Waals surface area contributed by atoms with Crippen LogP contribution >= 0.6 is 15.9 Å². The Kier molecular flexibility index (Phi) is 5.50. The molecule has 1 fully saturated rings. The van der Waals surface area contributed by atoms with Crippen LogP contribution in [0.15, 0.2) is 28.7 Å². The van der Waals surface area contributed by atoms with E-state index >= 15 is 0 Å². The van der Waals surface area contributed by atoms with Crippen LogP contribution in [0.25, 0.3) is 0 Å². The fourth-order valence-electron chi connectivity index (χ4n) is 2.76. The smallest absolute Gasteiger partial charge is 0.240 e. The molecule has 0 spiro atoms. The molecule has 2 rings (SSSR count). The van der Waals surface area contributed by atoms with Gasteiger partial charge in [-0.25, -0.2) is 0 Å². The zero-order valence-electron chi connectivity index (χ0n) is 14.2. The highest BCUT2D eigenvalue weighted by atomic mass is 79.9. The minimum atomic E-state index is -0.279. The summed E-state index contributed by atoms with van der Waals surface area (Å²) < 4.78 is 1.04. The zero-order chi connectivity index (χ0) is 17.2. The number of nitrogens with one attached hydrogen (secondary N) is 1. The van der Waals surface area contributed by atoms with Crippen LogP contribution < -0.4 is 5.32 Å². The lowest BCUT2D eigenvalue weighted by Crippen LogP contribution is -2.47. The summed E-state index contributed by atoms with van der Waals surface area (Å²) >= 11 is 3.42. The number of likely N-dealkylation sites (N-methyl/N-ethyl adjacent to an activating group) is 1. The molecular weight excluding hydrogens is 356 g/mol. The Morgan fingerprint density at radius 1 is 1.26 bits per heavy atom. The third kappa shape index (κ3) is 5.06. The number of nitrogens with zero attached hydrogens (tertiary/aromatic N) is 1. The van der Waals surface area contributed by atoms with Crippen molar-refractivity contribution >= 4 is 27.7 Å². The van der Waals surface area contributed by atoms with E-state index in [1.165, 1.54) is 5.56 Å². The molecule has 126 valence electrons. The minimum Gasteiger partial charge on any atom is -0.350 e. The molecule has 1 N–H and O–H groups in total. The van der Waals surface area contributed by atoms with Gasteiger partial charge < -0.3 is 10.2 Å². The SMILES string of the molecule is CCN(CC(=O)NC(C)(C)C)C(=O)C1CC1c1ccc(Br)cc1. The summed E-state index contributed by atoms with van der Waals surface area (Å²) in [7, 11) is 0. The predicted molar refractivity (Wildman–Crippen MR) is 95.1 cm³/mol. The first-order valence-electron chi connectivity index (χ1n) is 8.06. The number of carbonyl (C=O) groups excluding carboxylic acids is 2. The number of carbonyl (C=O) groups is 2. The van der Waals surface area contributed by atoms with Crippen LogP contribution in [0.3, 0.4) is 0 Å². The summed E-state index contributed by atoms with van der Waals surface area (Å²) in [5.41, 5.74) is 0.917. The first-order valence-corrected chi connectivity index (χ1v) is 8.86. The van der Waals surface area contributed by atoms with E-state index in [0.29, 0.717) is 6.54 Å². The summed E-state index contributed by atoms with van der Waals surface area (Å²) in [6.07, 6.45) is 0.873. The van der Waals surface area contributed by atoms with Gasteiger partial charge in [0.05, 0.1) is 6.54 Å². The van der Waals surface area contributed by atoms with Crippen molar-refractivity contribution in [3.8, 4) is 0 Å². The molecule has 0 saturated heterocycles. The van der Waals surface area contributed by atoms with E-state index in [1.807, 2.05) is 39.8 Å². The average molecular weight is 381 g/mol. The molecule has 2 atom stereocenters. The van der Waals surface area contributed by atoms with E-state index in [1.54, 1.807) is 4.90 Å². The Labute approximate surface area is 146 Å². The zero-order valence-corrected chi connectivity index (χ0v) is 15.8. The number of rotatable bonds is 5. The van der Waals surface area contributed by atoms with Crippen molar-refractivity contribution in [3.05, 3.63) is 34.3 Å². The third-order valence-electron chi connectivity index (χ3n) is 3.95. The van der Waals surface area contributed by atoms with Crippen LogP contribution in [0.2, 0.25) is 0 Å². The first kappa shape index (κ1) is 18.0. The maximum Gasteiger partial charge on any atom is 0.240 e. The Balaban J connectivity index is 1.93. The van der Waals surface area contributed by atoms with Crippen molar-refractivity contribution in [2.75, 3.05) is 13.1 Å². The topological polar surface area (TPSA) is 49.4 Å². The van der Waals surface area contributed by atoms with Crippen molar-refractivity contribution in [2.45, 2.75) is 45.6 Å². The second kappa shape index (κ2) is 7.04. The average Bonchev–Trinajstić information content (AvgIpc) is 3.23. The normalized spacial score (nSPS) is 20.0. The highest BCUT2D eigenvalue weighted by molar-refractivity contribution is 9.10. The summed E-state index contributed by atoms with van der Waals surface area (Å²) in [6.45, 7) is 8.42. The van der Waals surface area contributed by atoms with E-state index in [-0.39, 0.29) is 35.7 Å². The standard InChI is InChI=1S/C18H25BrN2O2/c1-5-21(11-16(22)20-18(2,3)4)17(23)15-10-14(15)12-6-8-13(19)9-7-12/h6-9,14-15H,5,10-11H2,1-4H3,(H,20,22). The van der Waals surface area contributed by atoms with E-state index in [4.69, 9.17) is 0 Å². The summed E-state index contributed by atoms with van der Waals surface area (Å²) in [4.78, 5) is 26.3. The molecule has 1 aromatic carbocycles. The Hall–Kier alpha value is -1.36. The Morgan fingerprint density at radius 3 is 2.39 bits per heavy atom. The van der Waals surface area contributed by atoms with Gasteiger partial charge in [-0.1, -0.05) is 28.1 Å². The molecule has 0 bridgehead atoms. The first-order chi connectivity index (χ1) is 10.7. The number of halogens is 1. The monoisotopic (exact) mass is 380 g/mol. The molecule has 4 nitrogen and oxygen atoms in total. The largest absolute Gasteiger partial charge is 0.350 e. The number of hydrogen-bond acceptors (Lipinski definition) is 2. The van der Waals surface area contributed by atoms with Crippen molar-refractivity contribution in [2.24, 2.45) is 5.92 Å². The molecule has 1 aliphatic rings. The number of hydrogen-bond donors (Lipinski definition) is 1. The maximum atomic E-state index is 12.6. The van der Waals surface area contributed by atoms with Crippen LogP contribution in [-0.4, -0.2) is 35.3 Å². The van der Waals surface area contributed by atoms with Crippen molar-refractivity contribution in [1.82, 2.24) is 10.2 Å². The fourth-order valence-corrected chi connectivity index (χ4v) is 3.02. The van der Waals surface area contributed by atoms with Crippen LogP contribution in [0.1, 0.15) is 45.6 Å². The minimum absolute atomic E-state index is 0.0126.